The van der Waals surface area contributed by atoms with Gasteiger partial charge < -0.3 is 9.64 Å². The monoisotopic (exact) mass is 240 g/mol. The number of hydrogen-bond acceptors (Lipinski definition) is 3. The van der Waals surface area contributed by atoms with Crippen molar-refractivity contribution in [2.24, 2.45) is 0 Å². The van der Waals surface area contributed by atoms with Crippen molar-refractivity contribution < 1.29 is 9.53 Å². The van der Waals surface area contributed by atoms with Gasteiger partial charge in [0.1, 0.15) is 0 Å². The summed E-state index contributed by atoms with van der Waals surface area (Å²) in [6, 6.07) is 0.104. The lowest BCUT2D eigenvalue weighted by atomic mass is 10.0. The van der Waals surface area contributed by atoms with Crippen LogP contribution in [0.15, 0.2) is 0 Å². The normalized spacial score (nSPS) is 29.1. The Kier molecular flexibility index (Phi) is 4.40. The van der Waals surface area contributed by atoms with Crippen LogP contribution in [0.5, 0.6) is 0 Å². The number of nitrogens with zero attached hydrogens (tertiary/aromatic N) is 2. The Morgan fingerprint density at radius 3 is 2.65 bits per heavy atom. The summed E-state index contributed by atoms with van der Waals surface area (Å²) in [5.74, 6) is 0.315. The van der Waals surface area contributed by atoms with Crippen LogP contribution in [0, 0.1) is 0 Å². The second-order valence-corrected chi connectivity index (χ2v) is 4.97. The lowest BCUT2D eigenvalue weighted by Crippen LogP contribution is -2.51. The van der Waals surface area contributed by atoms with Gasteiger partial charge in [0, 0.05) is 19.6 Å². The second kappa shape index (κ2) is 5.83. The van der Waals surface area contributed by atoms with E-state index < -0.39 is 0 Å². The highest BCUT2D eigenvalue weighted by molar-refractivity contribution is 5.82. The van der Waals surface area contributed by atoms with Crippen molar-refractivity contribution in [2.75, 3.05) is 32.8 Å². The Balaban J connectivity index is 1.96. The van der Waals surface area contributed by atoms with Gasteiger partial charge in [-0.3, -0.25) is 9.69 Å². The maximum Gasteiger partial charge on any atom is 0.239 e. The van der Waals surface area contributed by atoms with Crippen LogP contribution in [0.4, 0.5) is 0 Å². The fourth-order valence-electron chi connectivity index (χ4n) is 2.67. The summed E-state index contributed by atoms with van der Waals surface area (Å²) >= 11 is 0. The summed E-state index contributed by atoms with van der Waals surface area (Å²) in [6.45, 7) is 8.62. The molecule has 2 aliphatic heterocycles. The maximum atomic E-state index is 12.4. The third kappa shape index (κ3) is 3.19. The molecule has 0 radical (unpaired) electrons. The van der Waals surface area contributed by atoms with Crippen molar-refractivity contribution in [2.45, 2.75) is 45.3 Å². The molecule has 0 spiro atoms. The lowest BCUT2D eigenvalue weighted by Gasteiger charge is -2.37. The topological polar surface area (TPSA) is 36.1 Å². The summed E-state index contributed by atoms with van der Waals surface area (Å²) in [6.07, 6.45) is 3.80. The SMILES string of the molecule is CCN(CC)C(=O)[C@H]1CCCCN1C[C@H]1CO1. The Morgan fingerprint density at radius 1 is 1.35 bits per heavy atom. The van der Waals surface area contributed by atoms with Crippen molar-refractivity contribution in [1.29, 1.82) is 0 Å². The van der Waals surface area contributed by atoms with E-state index in [4.69, 9.17) is 4.74 Å². The first-order valence-electron chi connectivity index (χ1n) is 6.90. The smallest absolute Gasteiger partial charge is 0.239 e. The van der Waals surface area contributed by atoms with Gasteiger partial charge in [-0.1, -0.05) is 6.42 Å². The fraction of sp³-hybridized carbons (Fsp3) is 0.923. The zero-order valence-corrected chi connectivity index (χ0v) is 11.0. The quantitative estimate of drug-likeness (QED) is 0.675. The highest BCUT2D eigenvalue weighted by atomic mass is 16.6. The molecule has 0 bridgehead atoms. The third-order valence-corrected chi connectivity index (χ3v) is 3.81. The van der Waals surface area contributed by atoms with Gasteiger partial charge in [-0.25, -0.2) is 0 Å². The Bertz CT molecular complexity index is 262. The fourth-order valence-corrected chi connectivity index (χ4v) is 2.67. The van der Waals surface area contributed by atoms with E-state index in [2.05, 4.69) is 18.7 Å². The van der Waals surface area contributed by atoms with Gasteiger partial charge in [0.2, 0.25) is 5.91 Å². The zero-order valence-electron chi connectivity index (χ0n) is 11.0. The lowest BCUT2D eigenvalue weighted by molar-refractivity contribution is -0.138. The molecule has 0 N–H and O–H groups in total. The first-order chi connectivity index (χ1) is 8.26. The number of epoxide rings is 1. The molecule has 17 heavy (non-hydrogen) atoms. The molecular weight excluding hydrogens is 216 g/mol. The molecule has 4 nitrogen and oxygen atoms in total. The van der Waals surface area contributed by atoms with Crippen LogP contribution >= 0.6 is 0 Å². The van der Waals surface area contributed by atoms with Gasteiger partial charge in [-0.05, 0) is 33.2 Å². The predicted octanol–water partition coefficient (Wildman–Crippen LogP) is 1.11. The van der Waals surface area contributed by atoms with Crippen molar-refractivity contribution in [3.8, 4) is 0 Å². The van der Waals surface area contributed by atoms with Crippen LogP contribution in [0.1, 0.15) is 33.1 Å². The maximum absolute atomic E-state index is 12.4. The molecule has 0 aliphatic carbocycles. The Hall–Kier alpha value is -0.610. The van der Waals surface area contributed by atoms with Crippen molar-refractivity contribution in [3.63, 3.8) is 0 Å². The summed E-state index contributed by atoms with van der Waals surface area (Å²) < 4.78 is 5.29. The van der Waals surface area contributed by atoms with E-state index in [1.807, 2.05) is 4.90 Å². The van der Waals surface area contributed by atoms with Gasteiger partial charge >= 0.3 is 0 Å². The first-order valence-corrected chi connectivity index (χ1v) is 6.90. The molecule has 0 saturated carbocycles. The molecule has 2 rings (SSSR count). The van der Waals surface area contributed by atoms with Crippen LogP contribution in [0.3, 0.4) is 0 Å². The minimum atomic E-state index is 0.104. The van der Waals surface area contributed by atoms with Gasteiger partial charge in [-0.15, -0.1) is 0 Å². The summed E-state index contributed by atoms with van der Waals surface area (Å²) in [5, 5.41) is 0. The summed E-state index contributed by atoms with van der Waals surface area (Å²) in [7, 11) is 0. The average Bonchev–Trinajstić information content (AvgIpc) is 3.15. The molecule has 2 aliphatic rings. The number of carbonyl (C=O) groups excluding carboxylic acids is 1. The number of hydrogen-bond donors (Lipinski definition) is 0. The Labute approximate surface area is 104 Å². The molecule has 2 heterocycles. The third-order valence-electron chi connectivity index (χ3n) is 3.81. The van der Waals surface area contributed by atoms with Gasteiger partial charge in [0.05, 0.1) is 18.8 Å². The molecule has 0 aromatic carbocycles. The molecule has 98 valence electrons. The molecule has 2 atom stereocenters. The number of amides is 1. The zero-order chi connectivity index (χ0) is 12.3. The van der Waals surface area contributed by atoms with E-state index in [1.165, 1.54) is 12.8 Å². The minimum absolute atomic E-state index is 0.104. The minimum Gasteiger partial charge on any atom is -0.372 e. The number of likely N-dealkylation sites (tertiary alicyclic amines) is 1. The predicted molar refractivity (Wildman–Crippen MR) is 66.9 cm³/mol. The molecule has 0 aromatic rings. The summed E-state index contributed by atoms with van der Waals surface area (Å²) in [5.41, 5.74) is 0. The van der Waals surface area contributed by atoms with Gasteiger partial charge in [0.15, 0.2) is 0 Å². The van der Waals surface area contributed by atoms with E-state index in [0.717, 1.165) is 39.2 Å². The number of rotatable bonds is 5. The molecule has 2 saturated heterocycles. The number of likely N-dealkylation sites (N-methyl/N-ethyl adjacent to an activating group) is 1. The highest BCUT2D eigenvalue weighted by Crippen LogP contribution is 2.22. The van der Waals surface area contributed by atoms with Crippen LogP contribution < -0.4 is 0 Å². The molecule has 2 fully saturated rings. The van der Waals surface area contributed by atoms with Crippen molar-refractivity contribution >= 4 is 5.91 Å². The molecule has 1 amide bonds. The molecule has 4 heteroatoms. The van der Waals surface area contributed by atoms with E-state index in [0.29, 0.717) is 12.0 Å². The average molecular weight is 240 g/mol. The number of carbonyl (C=O) groups is 1. The van der Waals surface area contributed by atoms with Gasteiger partial charge in [0.25, 0.3) is 0 Å². The van der Waals surface area contributed by atoms with Crippen molar-refractivity contribution in [1.82, 2.24) is 9.80 Å². The van der Waals surface area contributed by atoms with Crippen LogP contribution in [0.2, 0.25) is 0 Å². The van der Waals surface area contributed by atoms with Crippen molar-refractivity contribution in [3.05, 3.63) is 0 Å². The van der Waals surface area contributed by atoms with Crippen LogP contribution in [-0.4, -0.2) is 60.6 Å². The summed E-state index contributed by atoms with van der Waals surface area (Å²) in [4.78, 5) is 16.7. The number of ether oxygens (including phenoxy) is 1. The molecule has 0 unspecified atom stereocenters. The standard InChI is InChI=1S/C13H24N2O2/c1-3-14(4-2)13(16)12-7-5-6-8-15(12)9-11-10-17-11/h11-12H,3-10H2,1-2H3/t11-,12+/m0/s1. The van der Waals surface area contributed by atoms with Gasteiger partial charge in [-0.2, -0.15) is 0 Å². The van der Waals surface area contributed by atoms with E-state index in [-0.39, 0.29) is 6.04 Å². The largest absolute Gasteiger partial charge is 0.372 e. The highest BCUT2D eigenvalue weighted by Gasteiger charge is 2.35. The van der Waals surface area contributed by atoms with E-state index in [9.17, 15) is 4.79 Å². The molecular formula is C13H24N2O2. The van der Waals surface area contributed by atoms with Crippen LogP contribution in [0.25, 0.3) is 0 Å². The van der Waals surface area contributed by atoms with E-state index >= 15 is 0 Å². The van der Waals surface area contributed by atoms with E-state index in [1.54, 1.807) is 0 Å². The molecule has 0 aromatic heterocycles. The number of piperidine rings is 1. The second-order valence-electron chi connectivity index (χ2n) is 4.97. The van der Waals surface area contributed by atoms with Crippen LogP contribution in [-0.2, 0) is 9.53 Å². The first kappa shape index (κ1) is 12.8. The Morgan fingerprint density at radius 2 is 2.06 bits per heavy atom.